The zero-order valence-electron chi connectivity index (χ0n) is 12.5. The van der Waals surface area contributed by atoms with Gasteiger partial charge in [0.15, 0.2) is 0 Å². The predicted octanol–water partition coefficient (Wildman–Crippen LogP) is 3.28. The maximum absolute atomic E-state index is 12.2. The van der Waals surface area contributed by atoms with Crippen LogP contribution >= 0.6 is 11.6 Å². The van der Waals surface area contributed by atoms with Crippen LogP contribution in [0.4, 0.5) is 5.69 Å². The fourth-order valence-corrected chi connectivity index (χ4v) is 3.18. The molecule has 122 valence electrons. The Labute approximate surface area is 140 Å². The molecule has 0 aliphatic rings. The molecule has 0 aliphatic carbocycles. The molecule has 1 amide bonds. The molecule has 0 radical (unpaired) electrons. The second-order valence-electron chi connectivity index (χ2n) is 4.86. The molecular formula is C16H17ClN2O3S. The number of hydrogen-bond acceptors (Lipinski definition) is 3. The standard InChI is InChI=1S/C16H17ClN2O3S/c1-2-11-18-23(21,22)13-9-7-12(8-10-13)16(20)19-15-6-4-3-5-14(15)17/h3-10,18H,2,11H2,1H3,(H,19,20). The summed E-state index contributed by atoms with van der Waals surface area (Å²) in [7, 11) is -3.53. The summed E-state index contributed by atoms with van der Waals surface area (Å²) < 4.78 is 26.4. The minimum atomic E-state index is -3.53. The van der Waals surface area contributed by atoms with Crippen molar-refractivity contribution < 1.29 is 13.2 Å². The molecule has 0 saturated carbocycles. The van der Waals surface area contributed by atoms with E-state index in [9.17, 15) is 13.2 Å². The lowest BCUT2D eigenvalue weighted by atomic mass is 10.2. The van der Waals surface area contributed by atoms with E-state index in [1.165, 1.54) is 24.3 Å². The Balaban J connectivity index is 2.13. The fourth-order valence-electron chi connectivity index (χ4n) is 1.86. The van der Waals surface area contributed by atoms with Crippen LogP contribution in [0.3, 0.4) is 0 Å². The normalized spacial score (nSPS) is 11.2. The van der Waals surface area contributed by atoms with Crippen LogP contribution < -0.4 is 10.0 Å². The highest BCUT2D eigenvalue weighted by Crippen LogP contribution is 2.21. The van der Waals surface area contributed by atoms with Gasteiger partial charge >= 0.3 is 0 Å². The van der Waals surface area contributed by atoms with Crippen molar-refractivity contribution in [1.82, 2.24) is 4.72 Å². The zero-order valence-corrected chi connectivity index (χ0v) is 14.1. The summed E-state index contributed by atoms with van der Waals surface area (Å²) in [6, 6.07) is 12.6. The third-order valence-corrected chi connectivity index (χ3v) is 4.90. The number of para-hydroxylation sites is 1. The summed E-state index contributed by atoms with van der Waals surface area (Å²) in [5, 5.41) is 3.12. The van der Waals surface area contributed by atoms with E-state index in [-0.39, 0.29) is 10.8 Å². The van der Waals surface area contributed by atoms with Gasteiger partial charge in [-0.05, 0) is 42.8 Å². The molecule has 0 unspecified atom stereocenters. The van der Waals surface area contributed by atoms with Gasteiger partial charge < -0.3 is 5.32 Å². The lowest BCUT2D eigenvalue weighted by Gasteiger charge is -2.08. The molecule has 5 nitrogen and oxygen atoms in total. The highest BCUT2D eigenvalue weighted by atomic mass is 35.5. The van der Waals surface area contributed by atoms with Crippen LogP contribution in [0.15, 0.2) is 53.4 Å². The van der Waals surface area contributed by atoms with Crippen LogP contribution in [0.2, 0.25) is 5.02 Å². The summed E-state index contributed by atoms with van der Waals surface area (Å²) in [5.74, 6) is -0.358. The molecule has 0 saturated heterocycles. The van der Waals surface area contributed by atoms with Gasteiger partial charge in [-0.3, -0.25) is 4.79 Å². The second kappa shape index (κ2) is 7.59. The summed E-state index contributed by atoms with van der Waals surface area (Å²) in [4.78, 5) is 12.3. The second-order valence-corrected chi connectivity index (χ2v) is 7.03. The molecule has 7 heteroatoms. The van der Waals surface area contributed by atoms with Gasteiger partial charge in [0, 0.05) is 12.1 Å². The van der Waals surface area contributed by atoms with Crippen molar-refractivity contribution in [2.45, 2.75) is 18.2 Å². The Hall–Kier alpha value is -1.89. The lowest BCUT2D eigenvalue weighted by molar-refractivity contribution is 0.102. The summed E-state index contributed by atoms with van der Waals surface area (Å²) >= 11 is 5.99. The van der Waals surface area contributed by atoms with Gasteiger partial charge in [-0.25, -0.2) is 13.1 Å². The molecule has 0 aliphatic heterocycles. The van der Waals surface area contributed by atoms with Gasteiger partial charge in [0.2, 0.25) is 10.0 Å². The van der Waals surface area contributed by atoms with Gasteiger partial charge in [0.1, 0.15) is 0 Å². The third-order valence-electron chi connectivity index (χ3n) is 3.09. The summed E-state index contributed by atoms with van der Waals surface area (Å²) in [5.41, 5.74) is 0.847. The average Bonchev–Trinajstić information content (AvgIpc) is 2.55. The highest BCUT2D eigenvalue weighted by molar-refractivity contribution is 7.89. The first-order valence-corrected chi connectivity index (χ1v) is 8.96. The highest BCUT2D eigenvalue weighted by Gasteiger charge is 2.14. The minimum Gasteiger partial charge on any atom is -0.321 e. The average molecular weight is 353 g/mol. The Morgan fingerprint density at radius 3 is 2.35 bits per heavy atom. The number of anilines is 1. The molecular weight excluding hydrogens is 336 g/mol. The van der Waals surface area contributed by atoms with Gasteiger partial charge in [-0.15, -0.1) is 0 Å². The molecule has 0 aromatic heterocycles. The smallest absolute Gasteiger partial charge is 0.255 e. The zero-order chi connectivity index (χ0) is 16.9. The van der Waals surface area contributed by atoms with Crippen LogP contribution in [0, 0.1) is 0 Å². The minimum absolute atomic E-state index is 0.125. The number of benzene rings is 2. The summed E-state index contributed by atoms with van der Waals surface area (Å²) in [6.07, 6.45) is 0.706. The van der Waals surface area contributed by atoms with Crippen LogP contribution in [0.5, 0.6) is 0 Å². The van der Waals surface area contributed by atoms with E-state index in [0.29, 0.717) is 29.2 Å². The molecule has 23 heavy (non-hydrogen) atoms. The largest absolute Gasteiger partial charge is 0.321 e. The van der Waals surface area contributed by atoms with Crippen molar-refractivity contribution in [3.8, 4) is 0 Å². The molecule has 2 N–H and O–H groups in total. The fraction of sp³-hybridized carbons (Fsp3) is 0.188. The van der Waals surface area contributed by atoms with E-state index >= 15 is 0 Å². The lowest BCUT2D eigenvalue weighted by Crippen LogP contribution is -2.24. The van der Waals surface area contributed by atoms with Gasteiger partial charge in [0.25, 0.3) is 5.91 Å². The number of halogens is 1. The number of rotatable bonds is 6. The number of sulfonamides is 1. The number of carbonyl (C=O) groups excluding carboxylic acids is 1. The monoisotopic (exact) mass is 352 g/mol. The first kappa shape index (κ1) is 17.5. The Morgan fingerprint density at radius 2 is 1.74 bits per heavy atom. The van der Waals surface area contributed by atoms with Gasteiger partial charge in [-0.1, -0.05) is 30.7 Å². The SMILES string of the molecule is CCCNS(=O)(=O)c1ccc(C(=O)Nc2ccccc2Cl)cc1. The maximum Gasteiger partial charge on any atom is 0.255 e. The number of nitrogens with one attached hydrogen (secondary N) is 2. The van der Waals surface area contributed by atoms with E-state index in [4.69, 9.17) is 11.6 Å². The third kappa shape index (κ3) is 4.54. The van der Waals surface area contributed by atoms with Crippen LogP contribution in [0.1, 0.15) is 23.7 Å². The van der Waals surface area contributed by atoms with Gasteiger partial charge in [0.05, 0.1) is 15.6 Å². The first-order valence-electron chi connectivity index (χ1n) is 7.09. The van der Waals surface area contributed by atoms with E-state index < -0.39 is 10.0 Å². The van der Waals surface area contributed by atoms with Crippen molar-refractivity contribution in [3.63, 3.8) is 0 Å². The number of amides is 1. The maximum atomic E-state index is 12.2. The molecule has 0 bridgehead atoms. The first-order chi connectivity index (χ1) is 10.9. The number of carbonyl (C=O) groups is 1. The van der Waals surface area contributed by atoms with Crippen molar-refractivity contribution in [2.24, 2.45) is 0 Å². The molecule has 0 heterocycles. The van der Waals surface area contributed by atoms with E-state index in [2.05, 4.69) is 10.0 Å². The predicted molar refractivity (Wildman–Crippen MR) is 91.3 cm³/mol. The van der Waals surface area contributed by atoms with Crippen molar-refractivity contribution in [2.75, 3.05) is 11.9 Å². The van der Waals surface area contributed by atoms with Crippen molar-refractivity contribution in [3.05, 3.63) is 59.1 Å². The van der Waals surface area contributed by atoms with E-state index in [0.717, 1.165) is 0 Å². The van der Waals surface area contributed by atoms with Crippen molar-refractivity contribution >= 4 is 33.2 Å². The summed E-state index contributed by atoms with van der Waals surface area (Å²) in [6.45, 7) is 2.25. The molecule has 0 fully saturated rings. The van der Waals surface area contributed by atoms with Gasteiger partial charge in [-0.2, -0.15) is 0 Å². The molecule has 2 aromatic carbocycles. The quantitative estimate of drug-likeness (QED) is 0.837. The van der Waals surface area contributed by atoms with E-state index in [1.54, 1.807) is 24.3 Å². The number of hydrogen-bond donors (Lipinski definition) is 2. The molecule has 0 spiro atoms. The van der Waals surface area contributed by atoms with Crippen LogP contribution in [0.25, 0.3) is 0 Å². The van der Waals surface area contributed by atoms with E-state index in [1.807, 2.05) is 6.92 Å². The molecule has 2 rings (SSSR count). The molecule has 0 atom stereocenters. The Bertz CT molecular complexity index is 789. The Kier molecular flexibility index (Phi) is 5.76. The molecule has 2 aromatic rings. The van der Waals surface area contributed by atoms with Crippen LogP contribution in [-0.4, -0.2) is 20.9 Å². The van der Waals surface area contributed by atoms with Crippen molar-refractivity contribution in [1.29, 1.82) is 0 Å². The topological polar surface area (TPSA) is 75.3 Å². The van der Waals surface area contributed by atoms with Crippen LogP contribution in [-0.2, 0) is 10.0 Å². The Morgan fingerprint density at radius 1 is 1.09 bits per heavy atom.